The highest BCUT2D eigenvalue weighted by molar-refractivity contribution is 6.01. The lowest BCUT2D eigenvalue weighted by molar-refractivity contribution is -0.384. The molecule has 4 N–H and O–H groups in total. The van der Waals surface area contributed by atoms with Crippen LogP contribution in [0.4, 0.5) is 11.4 Å². The molecule has 0 radical (unpaired) electrons. The van der Waals surface area contributed by atoms with Gasteiger partial charge in [-0.2, -0.15) is 0 Å². The Morgan fingerprint density at radius 2 is 2.10 bits per heavy atom. The Labute approximate surface area is 123 Å². The summed E-state index contributed by atoms with van der Waals surface area (Å²) in [4.78, 5) is 22.2. The number of nitro groups is 1. The molecule has 1 unspecified atom stereocenters. The molecule has 0 aliphatic heterocycles. The molecule has 7 nitrogen and oxygen atoms in total. The SMILES string of the molecule is CNC(C)CNC(=O)c1cc(C)cc([N+](=O)[O-])c1N.Cl. The molecule has 0 aliphatic rings. The first-order valence-corrected chi connectivity index (χ1v) is 5.86. The van der Waals surface area contributed by atoms with Gasteiger partial charge in [-0.25, -0.2) is 0 Å². The number of nitrogens with one attached hydrogen (secondary N) is 2. The Balaban J connectivity index is 0.00000361. The third-order valence-corrected chi connectivity index (χ3v) is 2.81. The van der Waals surface area contributed by atoms with Gasteiger partial charge in [-0.3, -0.25) is 14.9 Å². The van der Waals surface area contributed by atoms with E-state index in [9.17, 15) is 14.9 Å². The summed E-state index contributed by atoms with van der Waals surface area (Å²) >= 11 is 0. The van der Waals surface area contributed by atoms with E-state index in [1.807, 2.05) is 6.92 Å². The molecule has 1 aromatic rings. The minimum Gasteiger partial charge on any atom is -0.393 e. The third-order valence-electron chi connectivity index (χ3n) is 2.81. The number of amides is 1. The van der Waals surface area contributed by atoms with E-state index in [0.717, 1.165) is 0 Å². The number of hydrogen-bond donors (Lipinski definition) is 3. The Morgan fingerprint density at radius 3 is 2.60 bits per heavy atom. The Hall–Kier alpha value is -1.86. The maximum Gasteiger partial charge on any atom is 0.293 e. The molecule has 0 aliphatic carbocycles. The number of likely N-dealkylation sites (N-methyl/N-ethyl adjacent to an activating group) is 1. The van der Waals surface area contributed by atoms with Crippen LogP contribution in [0.15, 0.2) is 12.1 Å². The molecule has 1 rings (SSSR count). The number of halogens is 1. The number of nitrogens with two attached hydrogens (primary N) is 1. The fourth-order valence-electron chi connectivity index (χ4n) is 1.56. The molecule has 0 heterocycles. The quantitative estimate of drug-likeness (QED) is 0.430. The minimum absolute atomic E-state index is 0. The zero-order valence-corrected chi connectivity index (χ0v) is 12.4. The molecule has 8 heteroatoms. The predicted octanol–water partition coefficient (Wildman–Crippen LogP) is 1.24. The molecule has 20 heavy (non-hydrogen) atoms. The number of rotatable bonds is 5. The van der Waals surface area contributed by atoms with Crippen molar-refractivity contribution in [2.24, 2.45) is 0 Å². The summed E-state index contributed by atoms with van der Waals surface area (Å²) in [6.45, 7) is 4.00. The second-order valence-electron chi connectivity index (χ2n) is 4.40. The topological polar surface area (TPSA) is 110 Å². The maximum atomic E-state index is 12.0. The molecule has 0 bridgehead atoms. The van der Waals surface area contributed by atoms with E-state index >= 15 is 0 Å². The van der Waals surface area contributed by atoms with Crippen LogP contribution in [0.5, 0.6) is 0 Å². The largest absolute Gasteiger partial charge is 0.393 e. The van der Waals surface area contributed by atoms with Crippen molar-refractivity contribution in [3.63, 3.8) is 0 Å². The van der Waals surface area contributed by atoms with Crippen molar-refractivity contribution in [2.75, 3.05) is 19.3 Å². The van der Waals surface area contributed by atoms with Crippen molar-refractivity contribution >= 4 is 29.7 Å². The molecule has 0 fully saturated rings. The van der Waals surface area contributed by atoms with Gasteiger partial charge in [0.05, 0.1) is 10.5 Å². The zero-order chi connectivity index (χ0) is 14.6. The molecule has 0 saturated carbocycles. The van der Waals surface area contributed by atoms with E-state index in [2.05, 4.69) is 10.6 Å². The van der Waals surface area contributed by atoms with Crippen molar-refractivity contribution in [1.29, 1.82) is 0 Å². The van der Waals surface area contributed by atoms with E-state index in [1.165, 1.54) is 6.07 Å². The van der Waals surface area contributed by atoms with Crippen LogP contribution in [0.25, 0.3) is 0 Å². The first-order chi connectivity index (χ1) is 8.86. The number of nitrogen functional groups attached to an aromatic ring is 1. The van der Waals surface area contributed by atoms with Crippen molar-refractivity contribution in [3.8, 4) is 0 Å². The van der Waals surface area contributed by atoms with Crippen LogP contribution < -0.4 is 16.4 Å². The number of anilines is 1. The van der Waals surface area contributed by atoms with Crippen molar-refractivity contribution in [2.45, 2.75) is 19.9 Å². The number of hydrogen-bond acceptors (Lipinski definition) is 5. The number of benzene rings is 1. The van der Waals surface area contributed by atoms with Gasteiger partial charge in [0.15, 0.2) is 0 Å². The fraction of sp³-hybridized carbons (Fsp3) is 0.417. The summed E-state index contributed by atoms with van der Waals surface area (Å²) in [5, 5.41) is 16.5. The summed E-state index contributed by atoms with van der Waals surface area (Å²) in [5.41, 5.74) is 6.08. The van der Waals surface area contributed by atoms with Gasteiger partial charge in [0.25, 0.3) is 11.6 Å². The smallest absolute Gasteiger partial charge is 0.293 e. The fourth-order valence-corrected chi connectivity index (χ4v) is 1.56. The lowest BCUT2D eigenvalue weighted by atomic mass is 10.1. The monoisotopic (exact) mass is 302 g/mol. The number of carbonyl (C=O) groups is 1. The van der Waals surface area contributed by atoms with E-state index in [0.29, 0.717) is 12.1 Å². The standard InChI is InChI=1S/C12H18N4O3.ClH/c1-7-4-9(11(13)10(5-7)16(18)19)12(17)15-6-8(2)14-3;/h4-5,8,14H,6,13H2,1-3H3,(H,15,17);1H. The van der Waals surface area contributed by atoms with Crippen molar-refractivity contribution in [1.82, 2.24) is 10.6 Å². The van der Waals surface area contributed by atoms with Gasteiger partial charge in [0.2, 0.25) is 0 Å². The average Bonchev–Trinajstić information content (AvgIpc) is 2.37. The van der Waals surface area contributed by atoms with Crippen LogP contribution in [-0.2, 0) is 0 Å². The van der Waals surface area contributed by atoms with Gasteiger partial charge in [-0.1, -0.05) is 0 Å². The van der Waals surface area contributed by atoms with Crippen molar-refractivity contribution in [3.05, 3.63) is 33.4 Å². The van der Waals surface area contributed by atoms with Crippen LogP contribution in [-0.4, -0.2) is 30.5 Å². The van der Waals surface area contributed by atoms with E-state index in [-0.39, 0.29) is 35.4 Å². The number of carbonyl (C=O) groups excluding carboxylic acids is 1. The highest BCUT2D eigenvalue weighted by atomic mass is 35.5. The Bertz CT molecular complexity index is 508. The van der Waals surface area contributed by atoms with Gasteiger partial charge in [0, 0.05) is 18.7 Å². The zero-order valence-electron chi connectivity index (χ0n) is 11.6. The summed E-state index contributed by atoms with van der Waals surface area (Å²) in [7, 11) is 1.78. The molecular formula is C12H19ClN4O3. The molecular weight excluding hydrogens is 284 g/mol. The van der Waals surface area contributed by atoms with Crippen LogP contribution in [0.3, 0.4) is 0 Å². The number of nitro benzene ring substituents is 1. The summed E-state index contributed by atoms with van der Waals surface area (Å²) in [5.74, 6) is -0.411. The predicted molar refractivity (Wildman–Crippen MR) is 80.3 cm³/mol. The number of aryl methyl sites for hydroxylation is 1. The third kappa shape index (κ3) is 4.36. The van der Waals surface area contributed by atoms with E-state index in [1.54, 1.807) is 20.0 Å². The average molecular weight is 303 g/mol. The number of nitrogens with zero attached hydrogens (tertiary/aromatic N) is 1. The lowest BCUT2D eigenvalue weighted by Gasteiger charge is -2.12. The minimum atomic E-state index is -0.588. The lowest BCUT2D eigenvalue weighted by Crippen LogP contribution is -2.37. The normalized spacial score (nSPS) is 11.3. The Kier molecular flexibility index (Phi) is 6.95. The van der Waals surface area contributed by atoms with Crippen LogP contribution in [0.2, 0.25) is 0 Å². The van der Waals surface area contributed by atoms with Gasteiger partial charge in [-0.05, 0) is 32.5 Å². The molecule has 112 valence electrons. The van der Waals surface area contributed by atoms with Crippen molar-refractivity contribution < 1.29 is 9.72 Å². The van der Waals surface area contributed by atoms with Crippen LogP contribution >= 0.6 is 12.4 Å². The molecule has 0 aromatic heterocycles. The van der Waals surface area contributed by atoms with Gasteiger partial charge >= 0.3 is 0 Å². The summed E-state index contributed by atoms with van der Waals surface area (Å²) in [6, 6.07) is 2.99. The van der Waals surface area contributed by atoms with Gasteiger partial charge < -0.3 is 16.4 Å². The maximum absolute atomic E-state index is 12.0. The molecule has 1 amide bonds. The highest BCUT2D eigenvalue weighted by Crippen LogP contribution is 2.26. The second kappa shape index (κ2) is 7.66. The van der Waals surface area contributed by atoms with Gasteiger partial charge in [0.1, 0.15) is 5.69 Å². The summed E-state index contributed by atoms with van der Waals surface area (Å²) in [6.07, 6.45) is 0. The first-order valence-electron chi connectivity index (χ1n) is 5.86. The Morgan fingerprint density at radius 1 is 1.50 bits per heavy atom. The molecule has 1 aromatic carbocycles. The molecule has 0 spiro atoms. The van der Waals surface area contributed by atoms with E-state index in [4.69, 9.17) is 5.73 Å². The van der Waals surface area contributed by atoms with Crippen LogP contribution in [0, 0.1) is 17.0 Å². The molecule has 0 saturated heterocycles. The highest BCUT2D eigenvalue weighted by Gasteiger charge is 2.20. The van der Waals surface area contributed by atoms with Gasteiger partial charge in [-0.15, -0.1) is 12.4 Å². The van der Waals surface area contributed by atoms with Crippen LogP contribution in [0.1, 0.15) is 22.8 Å². The van der Waals surface area contributed by atoms with E-state index < -0.39 is 10.8 Å². The molecule has 1 atom stereocenters. The summed E-state index contributed by atoms with van der Waals surface area (Å²) < 4.78 is 0. The first kappa shape index (κ1) is 18.1. The second-order valence-corrected chi connectivity index (χ2v) is 4.40.